The van der Waals surface area contributed by atoms with E-state index in [9.17, 15) is 0 Å². The van der Waals surface area contributed by atoms with Crippen molar-refractivity contribution in [2.45, 2.75) is 57.1 Å². The Kier molecular flexibility index (Phi) is 3.97. The first-order valence-electron chi connectivity index (χ1n) is 7.66. The van der Waals surface area contributed by atoms with Crippen molar-refractivity contribution < 1.29 is 4.74 Å². The van der Waals surface area contributed by atoms with Crippen molar-refractivity contribution in [3.05, 3.63) is 11.5 Å². The quantitative estimate of drug-likeness (QED) is 0.770. The lowest BCUT2D eigenvalue weighted by Gasteiger charge is -2.41. The fraction of sp³-hybridized carbons (Fsp3) is 0.733. The molecule has 0 N–H and O–H groups in total. The van der Waals surface area contributed by atoms with Gasteiger partial charge in [-0.1, -0.05) is 13.3 Å². The van der Waals surface area contributed by atoms with Crippen molar-refractivity contribution in [1.29, 1.82) is 0 Å². The summed E-state index contributed by atoms with van der Waals surface area (Å²) in [6.07, 6.45) is 5.45. The van der Waals surface area contributed by atoms with E-state index in [4.69, 9.17) is 21.3 Å². The van der Waals surface area contributed by atoms with Crippen LogP contribution in [0, 0.1) is 0 Å². The number of alkyl halides is 1. The number of imidazole rings is 1. The molecule has 0 radical (unpaired) electrons. The molecule has 0 aliphatic heterocycles. The molecule has 1 fully saturated rings. The van der Waals surface area contributed by atoms with E-state index in [0.29, 0.717) is 5.88 Å². The van der Waals surface area contributed by atoms with Gasteiger partial charge >= 0.3 is 0 Å². The van der Waals surface area contributed by atoms with Gasteiger partial charge in [-0.25, -0.2) is 4.98 Å². The van der Waals surface area contributed by atoms with E-state index in [-0.39, 0.29) is 5.60 Å². The number of fused-ring (bicyclic) bond motifs is 1. The van der Waals surface area contributed by atoms with Crippen LogP contribution in [0.1, 0.15) is 44.1 Å². The molecule has 0 bridgehead atoms. The van der Waals surface area contributed by atoms with E-state index in [1.165, 1.54) is 6.42 Å². The van der Waals surface area contributed by atoms with Crippen LogP contribution in [0.3, 0.4) is 0 Å². The Hall–Kier alpha value is -1.07. The fourth-order valence-corrected chi connectivity index (χ4v) is 3.45. The van der Waals surface area contributed by atoms with Gasteiger partial charge in [-0.2, -0.15) is 5.10 Å². The average Bonchev–Trinajstić information content (AvgIpc) is 2.93. The molecule has 1 aliphatic carbocycles. The third-order valence-corrected chi connectivity index (χ3v) is 4.86. The summed E-state index contributed by atoms with van der Waals surface area (Å²) in [6.45, 7) is 2.97. The lowest BCUT2D eigenvalue weighted by atomic mass is 9.80. The molecule has 1 aliphatic rings. The Labute approximate surface area is 130 Å². The molecule has 0 amide bonds. The molecule has 3 rings (SSSR count). The molecule has 21 heavy (non-hydrogen) atoms. The number of aryl methyl sites for hydroxylation is 2. The number of hydrogen-bond donors (Lipinski definition) is 0. The standard InChI is InChI=1S/C15H23ClN4O/c1-4-6-11-13-14(19(2)18-11)20(12(9-16)17-13)10-15(21-3)7-5-8-15/h4-10H2,1-3H3. The van der Waals surface area contributed by atoms with Gasteiger partial charge in [0, 0.05) is 14.2 Å². The zero-order valence-corrected chi connectivity index (χ0v) is 13.8. The third-order valence-electron chi connectivity index (χ3n) is 4.62. The van der Waals surface area contributed by atoms with Crippen LogP contribution in [0.4, 0.5) is 0 Å². The van der Waals surface area contributed by atoms with E-state index in [2.05, 4.69) is 16.6 Å². The van der Waals surface area contributed by atoms with Gasteiger partial charge in [-0.3, -0.25) is 4.68 Å². The molecule has 2 aromatic heterocycles. The van der Waals surface area contributed by atoms with Gasteiger partial charge in [0.15, 0.2) is 5.65 Å². The highest BCUT2D eigenvalue weighted by Gasteiger charge is 2.38. The van der Waals surface area contributed by atoms with Crippen LogP contribution in [0.5, 0.6) is 0 Å². The molecule has 116 valence electrons. The van der Waals surface area contributed by atoms with Crippen LogP contribution < -0.4 is 0 Å². The molecule has 2 heterocycles. The second kappa shape index (κ2) is 5.61. The molecule has 1 saturated carbocycles. The maximum absolute atomic E-state index is 6.12. The van der Waals surface area contributed by atoms with Crippen molar-refractivity contribution in [3.8, 4) is 0 Å². The maximum atomic E-state index is 6.12. The first-order chi connectivity index (χ1) is 10.1. The van der Waals surface area contributed by atoms with Crippen molar-refractivity contribution in [1.82, 2.24) is 19.3 Å². The molecule has 2 aromatic rings. The van der Waals surface area contributed by atoms with Gasteiger partial charge < -0.3 is 9.30 Å². The second-order valence-electron chi connectivity index (χ2n) is 5.98. The lowest BCUT2D eigenvalue weighted by Crippen LogP contribution is -2.43. The highest BCUT2D eigenvalue weighted by molar-refractivity contribution is 6.16. The van der Waals surface area contributed by atoms with Crippen LogP contribution in [-0.2, 0) is 30.6 Å². The van der Waals surface area contributed by atoms with Crippen molar-refractivity contribution in [2.75, 3.05) is 7.11 Å². The Bertz CT molecular complexity index is 636. The molecular weight excluding hydrogens is 288 g/mol. The zero-order valence-electron chi connectivity index (χ0n) is 13.0. The van der Waals surface area contributed by atoms with Crippen molar-refractivity contribution in [3.63, 3.8) is 0 Å². The summed E-state index contributed by atoms with van der Waals surface area (Å²) in [6, 6.07) is 0. The van der Waals surface area contributed by atoms with Gasteiger partial charge in [0.25, 0.3) is 0 Å². The maximum Gasteiger partial charge on any atom is 0.158 e. The predicted molar refractivity (Wildman–Crippen MR) is 83.6 cm³/mol. The predicted octanol–water partition coefficient (Wildman–Crippen LogP) is 3.03. The van der Waals surface area contributed by atoms with E-state index >= 15 is 0 Å². The summed E-state index contributed by atoms with van der Waals surface area (Å²) in [5, 5.41) is 4.62. The second-order valence-corrected chi connectivity index (χ2v) is 6.25. The summed E-state index contributed by atoms with van der Waals surface area (Å²) in [4.78, 5) is 4.74. The van der Waals surface area contributed by atoms with Crippen molar-refractivity contribution >= 4 is 22.8 Å². The average molecular weight is 311 g/mol. The van der Waals surface area contributed by atoms with Gasteiger partial charge in [0.05, 0.1) is 23.7 Å². The Morgan fingerprint density at radius 3 is 2.67 bits per heavy atom. The van der Waals surface area contributed by atoms with E-state index in [0.717, 1.165) is 54.9 Å². The number of nitrogens with zero attached hydrogens (tertiary/aromatic N) is 4. The molecule has 5 nitrogen and oxygen atoms in total. The van der Waals surface area contributed by atoms with Crippen LogP contribution >= 0.6 is 11.6 Å². The number of aromatic nitrogens is 4. The SMILES string of the molecule is CCCc1nn(C)c2c1nc(CCl)n2CC1(OC)CCC1. The summed E-state index contributed by atoms with van der Waals surface area (Å²) < 4.78 is 9.91. The smallest absolute Gasteiger partial charge is 0.158 e. The summed E-state index contributed by atoms with van der Waals surface area (Å²) in [5.74, 6) is 1.33. The number of ether oxygens (including phenoxy) is 1. The molecule has 0 unspecified atom stereocenters. The third kappa shape index (κ3) is 2.36. The monoisotopic (exact) mass is 310 g/mol. The van der Waals surface area contributed by atoms with Gasteiger partial charge in [0.2, 0.25) is 0 Å². The van der Waals surface area contributed by atoms with E-state index < -0.39 is 0 Å². The molecule has 0 saturated heterocycles. The summed E-state index contributed by atoms with van der Waals surface area (Å²) in [5.41, 5.74) is 3.09. The van der Waals surface area contributed by atoms with Gasteiger partial charge in [-0.15, -0.1) is 11.6 Å². The number of methoxy groups -OCH3 is 1. The largest absolute Gasteiger partial charge is 0.376 e. The first kappa shape index (κ1) is 14.9. The van der Waals surface area contributed by atoms with E-state index in [1.807, 2.05) is 11.7 Å². The molecule has 6 heteroatoms. The Morgan fingerprint density at radius 2 is 2.14 bits per heavy atom. The van der Waals surface area contributed by atoms with Crippen molar-refractivity contribution in [2.24, 2.45) is 7.05 Å². The minimum atomic E-state index is -0.0520. The normalized spacial score (nSPS) is 17.3. The van der Waals surface area contributed by atoms with E-state index in [1.54, 1.807) is 7.11 Å². The topological polar surface area (TPSA) is 44.9 Å². The van der Waals surface area contributed by atoms with Gasteiger partial charge in [0.1, 0.15) is 11.3 Å². The summed E-state index contributed by atoms with van der Waals surface area (Å²) >= 11 is 6.12. The zero-order chi connectivity index (χ0) is 15.0. The highest BCUT2D eigenvalue weighted by Crippen LogP contribution is 2.38. The minimum Gasteiger partial charge on any atom is -0.376 e. The number of hydrogen-bond acceptors (Lipinski definition) is 3. The summed E-state index contributed by atoms with van der Waals surface area (Å²) in [7, 11) is 3.79. The lowest BCUT2D eigenvalue weighted by molar-refractivity contribution is -0.0833. The first-order valence-corrected chi connectivity index (χ1v) is 8.19. The van der Waals surface area contributed by atoms with Crippen LogP contribution in [0.25, 0.3) is 11.2 Å². The van der Waals surface area contributed by atoms with Crippen LogP contribution in [-0.4, -0.2) is 32.0 Å². The van der Waals surface area contributed by atoms with Crippen LogP contribution in [0.2, 0.25) is 0 Å². The molecular formula is C15H23ClN4O. The van der Waals surface area contributed by atoms with Gasteiger partial charge in [-0.05, 0) is 25.7 Å². The molecule has 0 aromatic carbocycles. The Balaban J connectivity index is 2.07. The highest BCUT2D eigenvalue weighted by atomic mass is 35.5. The fourth-order valence-electron chi connectivity index (χ4n) is 3.25. The molecule has 0 spiro atoms. The minimum absolute atomic E-state index is 0.0520. The number of rotatable bonds is 6. The van der Waals surface area contributed by atoms with Crippen LogP contribution in [0.15, 0.2) is 0 Å². The number of halogens is 1. The Morgan fingerprint density at radius 1 is 1.38 bits per heavy atom. The molecule has 0 atom stereocenters.